The van der Waals surface area contributed by atoms with Gasteiger partial charge >= 0.3 is 12.1 Å². The molecule has 0 spiro atoms. The van der Waals surface area contributed by atoms with Crippen LogP contribution in [0.25, 0.3) is 0 Å². The van der Waals surface area contributed by atoms with Gasteiger partial charge in [0.1, 0.15) is 12.1 Å². The average molecular weight is 384 g/mol. The van der Waals surface area contributed by atoms with E-state index >= 15 is 0 Å². The Morgan fingerprint density at radius 1 is 1.14 bits per heavy atom. The van der Waals surface area contributed by atoms with Crippen LogP contribution in [0.5, 0.6) is 0 Å². The maximum atomic E-state index is 13.0. The molecule has 3 aliphatic rings. The van der Waals surface area contributed by atoms with Crippen molar-refractivity contribution >= 4 is 29.6 Å². The molecule has 0 aromatic heterocycles. The zero-order chi connectivity index (χ0) is 20.1. The van der Waals surface area contributed by atoms with E-state index in [4.69, 9.17) is 0 Å². The standard InChI is InChI=1S/C20H24N4O4/c1-11-4-3-5-15(12(11)2)21-18(27)22-16(25)10-24-17(26)20(13-6-7-13,14-8-9-14)23-19(24)28/h3-5,13-14H,6-10H2,1-2H3,(H,23,28)(H2,21,22,25,27). The van der Waals surface area contributed by atoms with Gasteiger partial charge in [0, 0.05) is 5.69 Å². The Bertz CT molecular complexity index is 861. The Kier molecular flexibility index (Phi) is 4.36. The smallest absolute Gasteiger partial charge is 0.323 e. The van der Waals surface area contributed by atoms with Crippen molar-refractivity contribution in [1.82, 2.24) is 15.5 Å². The molecule has 1 aromatic carbocycles. The summed E-state index contributed by atoms with van der Waals surface area (Å²) in [6.07, 6.45) is 3.67. The minimum absolute atomic E-state index is 0.164. The third-order valence-electron chi connectivity index (χ3n) is 6.01. The lowest BCUT2D eigenvalue weighted by atomic mass is 9.87. The average Bonchev–Trinajstić information content (AvgIpc) is 3.53. The molecule has 2 saturated carbocycles. The molecule has 8 heteroatoms. The Labute approximate surface area is 163 Å². The molecule has 4 rings (SSSR count). The molecule has 8 nitrogen and oxygen atoms in total. The van der Waals surface area contributed by atoms with E-state index in [1.807, 2.05) is 26.0 Å². The molecule has 3 fully saturated rings. The van der Waals surface area contributed by atoms with Crippen molar-refractivity contribution in [1.29, 1.82) is 0 Å². The lowest BCUT2D eigenvalue weighted by Gasteiger charge is -2.26. The normalized spacial score (nSPS) is 20.7. The summed E-state index contributed by atoms with van der Waals surface area (Å²) < 4.78 is 0. The maximum absolute atomic E-state index is 13.0. The number of imide groups is 2. The van der Waals surface area contributed by atoms with E-state index in [9.17, 15) is 19.2 Å². The molecule has 0 atom stereocenters. The van der Waals surface area contributed by atoms with Crippen LogP contribution in [-0.2, 0) is 9.59 Å². The van der Waals surface area contributed by atoms with E-state index in [-0.39, 0.29) is 17.7 Å². The van der Waals surface area contributed by atoms with Crippen LogP contribution in [-0.4, -0.2) is 40.9 Å². The van der Waals surface area contributed by atoms with Crippen molar-refractivity contribution in [2.45, 2.75) is 45.1 Å². The van der Waals surface area contributed by atoms with E-state index in [1.54, 1.807) is 6.07 Å². The van der Waals surface area contributed by atoms with Gasteiger partial charge in [-0.3, -0.25) is 19.8 Å². The Hall–Kier alpha value is -2.90. The Morgan fingerprint density at radius 3 is 2.39 bits per heavy atom. The number of benzene rings is 1. The summed E-state index contributed by atoms with van der Waals surface area (Å²) >= 11 is 0. The number of hydrogen-bond acceptors (Lipinski definition) is 4. The summed E-state index contributed by atoms with van der Waals surface area (Å²) in [5.74, 6) is -0.699. The number of carbonyl (C=O) groups excluding carboxylic acids is 4. The third-order valence-corrected chi connectivity index (χ3v) is 6.01. The number of hydrogen-bond donors (Lipinski definition) is 3. The zero-order valence-corrected chi connectivity index (χ0v) is 16.0. The fourth-order valence-corrected chi connectivity index (χ4v) is 4.07. The van der Waals surface area contributed by atoms with Crippen molar-refractivity contribution < 1.29 is 19.2 Å². The van der Waals surface area contributed by atoms with Crippen LogP contribution in [0.2, 0.25) is 0 Å². The second-order valence-corrected chi connectivity index (χ2v) is 7.99. The third kappa shape index (κ3) is 3.12. The lowest BCUT2D eigenvalue weighted by Crippen LogP contribution is -2.52. The summed E-state index contributed by atoms with van der Waals surface area (Å²) in [7, 11) is 0. The van der Waals surface area contributed by atoms with Gasteiger partial charge in [0.05, 0.1) is 0 Å². The van der Waals surface area contributed by atoms with Gasteiger partial charge in [0.15, 0.2) is 0 Å². The fourth-order valence-electron chi connectivity index (χ4n) is 4.07. The van der Waals surface area contributed by atoms with Crippen LogP contribution in [0.1, 0.15) is 36.8 Å². The summed E-state index contributed by atoms with van der Waals surface area (Å²) in [6.45, 7) is 3.33. The van der Waals surface area contributed by atoms with Crippen LogP contribution < -0.4 is 16.0 Å². The molecule has 148 valence electrons. The molecule has 1 aliphatic heterocycles. The van der Waals surface area contributed by atoms with Crippen molar-refractivity contribution in [3.8, 4) is 0 Å². The Balaban J connectivity index is 1.38. The molecular weight excluding hydrogens is 360 g/mol. The highest BCUT2D eigenvalue weighted by Crippen LogP contribution is 2.54. The number of carbonyl (C=O) groups is 4. The Morgan fingerprint density at radius 2 is 1.79 bits per heavy atom. The van der Waals surface area contributed by atoms with Gasteiger partial charge in [-0.15, -0.1) is 0 Å². The number of nitrogens with one attached hydrogen (secondary N) is 3. The summed E-state index contributed by atoms with van der Waals surface area (Å²) in [4.78, 5) is 50.7. The van der Waals surface area contributed by atoms with Gasteiger partial charge in [-0.2, -0.15) is 0 Å². The van der Waals surface area contributed by atoms with Crippen LogP contribution in [0.3, 0.4) is 0 Å². The molecule has 1 saturated heterocycles. The highest BCUT2D eigenvalue weighted by atomic mass is 16.2. The van der Waals surface area contributed by atoms with Crippen LogP contribution in [0.4, 0.5) is 15.3 Å². The minimum atomic E-state index is -0.835. The number of amides is 6. The topological polar surface area (TPSA) is 108 Å². The second-order valence-electron chi connectivity index (χ2n) is 7.99. The first-order valence-corrected chi connectivity index (χ1v) is 9.64. The van der Waals surface area contributed by atoms with Crippen molar-refractivity contribution in [2.75, 3.05) is 11.9 Å². The van der Waals surface area contributed by atoms with Crippen LogP contribution in [0, 0.1) is 25.7 Å². The quantitative estimate of drug-likeness (QED) is 0.675. The number of nitrogens with zero attached hydrogens (tertiary/aromatic N) is 1. The van der Waals surface area contributed by atoms with Gasteiger partial charge in [-0.1, -0.05) is 12.1 Å². The molecule has 28 heavy (non-hydrogen) atoms. The van der Waals surface area contributed by atoms with Crippen molar-refractivity contribution in [3.63, 3.8) is 0 Å². The maximum Gasteiger partial charge on any atom is 0.325 e. The first kappa shape index (κ1) is 18.5. The highest BCUT2D eigenvalue weighted by molar-refractivity contribution is 6.11. The summed E-state index contributed by atoms with van der Waals surface area (Å²) in [6, 6.07) is 4.23. The van der Waals surface area contributed by atoms with Crippen molar-refractivity contribution in [2.24, 2.45) is 11.8 Å². The molecule has 0 bridgehead atoms. The zero-order valence-electron chi connectivity index (χ0n) is 16.0. The fraction of sp³-hybridized carbons (Fsp3) is 0.500. The SMILES string of the molecule is Cc1cccc(NC(=O)NC(=O)CN2C(=O)NC(C3CC3)(C3CC3)C2=O)c1C. The summed E-state index contributed by atoms with van der Waals surface area (Å²) in [5, 5.41) is 7.68. The summed E-state index contributed by atoms with van der Waals surface area (Å²) in [5.41, 5.74) is 1.68. The molecule has 0 unspecified atom stereocenters. The van der Waals surface area contributed by atoms with Crippen molar-refractivity contribution in [3.05, 3.63) is 29.3 Å². The van der Waals surface area contributed by atoms with E-state index in [1.165, 1.54) is 0 Å². The molecule has 6 amide bonds. The van der Waals surface area contributed by atoms with E-state index in [0.29, 0.717) is 5.69 Å². The first-order chi connectivity index (χ1) is 13.3. The van der Waals surface area contributed by atoms with Gasteiger partial charge in [-0.05, 0) is 68.6 Å². The van der Waals surface area contributed by atoms with E-state index in [2.05, 4.69) is 16.0 Å². The second kappa shape index (κ2) is 6.61. The van der Waals surface area contributed by atoms with Gasteiger partial charge < -0.3 is 10.6 Å². The molecule has 2 aliphatic carbocycles. The molecule has 0 radical (unpaired) electrons. The van der Waals surface area contributed by atoms with Gasteiger partial charge in [-0.25, -0.2) is 9.59 Å². The van der Waals surface area contributed by atoms with E-state index < -0.39 is 30.1 Å². The number of anilines is 1. The van der Waals surface area contributed by atoms with Gasteiger partial charge in [0.2, 0.25) is 5.91 Å². The lowest BCUT2D eigenvalue weighted by molar-refractivity contribution is -0.136. The first-order valence-electron chi connectivity index (χ1n) is 9.64. The molecule has 1 heterocycles. The predicted octanol–water partition coefficient (Wildman–Crippen LogP) is 2.06. The van der Waals surface area contributed by atoms with E-state index in [0.717, 1.165) is 41.7 Å². The largest absolute Gasteiger partial charge is 0.325 e. The monoisotopic (exact) mass is 384 g/mol. The highest BCUT2D eigenvalue weighted by Gasteiger charge is 2.65. The number of rotatable bonds is 5. The van der Waals surface area contributed by atoms with Crippen LogP contribution in [0.15, 0.2) is 18.2 Å². The minimum Gasteiger partial charge on any atom is -0.323 e. The predicted molar refractivity (Wildman–Crippen MR) is 102 cm³/mol. The molecule has 3 N–H and O–H groups in total. The number of urea groups is 2. The number of aryl methyl sites for hydroxylation is 1. The van der Waals surface area contributed by atoms with Gasteiger partial charge in [0.25, 0.3) is 5.91 Å². The molecular formula is C20H24N4O4. The molecule has 1 aromatic rings. The van der Waals surface area contributed by atoms with Crippen LogP contribution >= 0.6 is 0 Å².